The molecule has 0 atom stereocenters. The van der Waals surface area contributed by atoms with Crippen LogP contribution in [0.1, 0.15) is 35.6 Å². The van der Waals surface area contributed by atoms with Crippen LogP contribution in [0.25, 0.3) is 11.5 Å². The Morgan fingerprint density at radius 2 is 1.94 bits per heavy atom. The highest BCUT2D eigenvalue weighted by Crippen LogP contribution is 2.20. The topological polar surface area (TPSA) is 111 Å². The molecule has 4 rings (SSSR count). The number of amides is 1. The van der Waals surface area contributed by atoms with Crippen LogP contribution in [0.2, 0.25) is 0 Å². The number of benzene rings is 1. The lowest BCUT2D eigenvalue weighted by atomic mass is 9.95. The summed E-state index contributed by atoms with van der Waals surface area (Å²) < 4.78 is 1.88. The van der Waals surface area contributed by atoms with Gasteiger partial charge in [-0.3, -0.25) is 9.78 Å². The lowest BCUT2D eigenvalue weighted by Crippen LogP contribution is -2.41. The lowest BCUT2D eigenvalue weighted by molar-refractivity contribution is 0.0912. The predicted octanol–water partition coefficient (Wildman–Crippen LogP) is 2.94. The third-order valence-corrected chi connectivity index (χ3v) is 5.16. The first-order valence-electron chi connectivity index (χ1n) is 10.2. The molecule has 1 aromatic carbocycles. The fraction of sp³-hybridized carbons (Fsp3) is 0.217. The molecule has 0 spiro atoms. The van der Waals surface area contributed by atoms with Gasteiger partial charge >= 0.3 is 0 Å². The van der Waals surface area contributed by atoms with E-state index < -0.39 is 5.54 Å². The molecule has 0 aliphatic rings. The summed E-state index contributed by atoms with van der Waals surface area (Å²) in [6, 6.07) is 12.9. The average Bonchev–Trinajstić information content (AvgIpc) is 3.19. The van der Waals surface area contributed by atoms with Gasteiger partial charge in [0.15, 0.2) is 11.6 Å². The monoisotopic (exact) mass is 428 g/mol. The highest BCUT2D eigenvalue weighted by Gasteiger charge is 2.23. The summed E-state index contributed by atoms with van der Waals surface area (Å²) in [5, 5.41) is 14.9. The van der Waals surface area contributed by atoms with Gasteiger partial charge in [-0.15, -0.1) is 10.2 Å². The maximum atomic E-state index is 12.9. The van der Waals surface area contributed by atoms with E-state index in [2.05, 4.69) is 35.8 Å². The quantitative estimate of drug-likeness (QED) is 0.466. The number of anilines is 1. The molecule has 2 N–H and O–H groups in total. The smallest absolute Gasteiger partial charge is 0.252 e. The molecule has 0 aliphatic heterocycles. The first-order chi connectivity index (χ1) is 15.4. The lowest BCUT2D eigenvalue weighted by Gasteiger charge is -2.26. The van der Waals surface area contributed by atoms with Crippen molar-refractivity contribution in [2.24, 2.45) is 7.05 Å². The second-order valence-corrected chi connectivity index (χ2v) is 7.85. The third kappa shape index (κ3) is 4.61. The first-order valence-corrected chi connectivity index (χ1v) is 10.2. The molecule has 0 radical (unpaired) electrons. The molecule has 1 amide bonds. The maximum absolute atomic E-state index is 12.9. The van der Waals surface area contributed by atoms with Gasteiger partial charge in [0.1, 0.15) is 12.0 Å². The highest BCUT2D eigenvalue weighted by molar-refractivity contribution is 5.95. The number of nitrogens with one attached hydrogen (secondary N) is 2. The van der Waals surface area contributed by atoms with Crippen LogP contribution < -0.4 is 10.6 Å². The standard InChI is InChI=1S/C23H24N8O/c1-23(2,17-7-5-10-24-13-17)28-22(32)16-6-4-8-18(12-16)26-14-20-29-30-21(31(20)3)19-9-11-25-15-27-19/h4-13,15,26H,14H2,1-3H3,(H,28,32). The molecule has 32 heavy (non-hydrogen) atoms. The Bertz CT molecular complexity index is 1210. The minimum atomic E-state index is -0.551. The number of hydrogen-bond acceptors (Lipinski definition) is 7. The van der Waals surface area contributed by atoms with E-state index in [4.69, 9.17) is 0 Å². The molecule has 0 unspecified atom stereocenters. The molecular formula is C23H24N8O. The van der Waals surface area contributed by atoms with Crippen LogP contribution in [0, 0.1) is 0 Å². The van der Waals surface area contributed by atoms with E-state index >= 15 is 0 Å². The number of hydrogen-bond donors (Lipinski definition) is 2. The molecular weight excluding hydrogens is 404 g/mol. The van der Waals surface area contributed by atoms with E-state index in [0.717, 1.165) is 17.1 Å². The van der Waals surface area contributed by atoms with Gasteiger partial charge in [0.05, 0.1) is 12.1 Å². The second-order valence-electron chi connectivity index (χ2n) is 7.85. The van der Waals surface area contributed by atoms with Crippen molar-refractivity contribution < 1.29 is 4.79 Å². The van der Waals surface area contributed by atoms with Crippen molar-refractivity contribution in [2.75, 3.05) is 5.32 Å². The fourth-order valence-electron chi connectivity index (χ4n) is 3.27. The zero-order valence-corrected chi connectivity index (χ0v) is 18.1. The summed E-state index contributed by atoms with van der Waals surface area (Å²) in [5.74, 6) is 1.24. The zero-order chi connectivity index (χ0) is 22.6. The molecule has 0 saturated heterocycles. The van der Waals surface area contributed by atoms with Gasteiger partial charge < -0.3 is 15.2 Å². The van der Waals surface area contributed by atoms with Gasteiger partial charge in [-0.05, 0) is 49.7 Å². The van der Waals surface area contributed by atoms with Crippen molar-refractivity contribution in [3.63, 3.8) is 0 Å². The molecule has 3 aromatic heterocycles. The Balaban J connectivity index is 1.44. The van der Waals surface area contributed by atoms with Crippen LogP contribution >= 0.6 is 0 Å². The molecule has 3 heterocycles. The van der Waals surface area contributed by atoms with E-state index in [1.165, 1.54) is 6.33 Å². The largest absolute Gasteiger partial charge is 0.378 e. The van der Waals surface area contributed by atoms with Crippen LogP contribution in [0.4, 0.5) is 5.69 Å². The Morgan fingerprint density at radius 3 is 2.69 bits per heavy atom. The fourth-order valence-corrected chi connectivity index (χ4v) is 3.27. The molecule has 162 valence electrons. The Morgan fingerprint density at radius 1 is 1.06 bits per heavy atom. The predicted molar refractivity (Wildman–Crippen MR) is 121 cm³/mol. The summed E-state index contributed by atoms with van der Waals surface area (Å²) in [6.45, 7) is 4.35. The minimum Gasteiger partial charge on any atom is -0.378 e. The maximum Gasteiger partial charge on any atom is 0.252 e. The van der Waals surface area contributed by atoms with Crippen LogP contribution in [0.15, 0.2) is 67.4 Å². The Hall–Kier alpha value is -4.14. The van der Waals surface area contributed by atoms with Crippen molar-refractivity contribution in [3.05, 3.63) is 84.3 Å². The Labute approximate surface area is 186 Å². The summed E-state index contributed by atoms with van der Waals surface area (Å²) >= 11 is 0. The van der Waals surface area contributed by atoms with Crippen LogP contribution in [-0.4, -0.2) is 35.6 Å². The molecule has 0 aliphatic carbocycles. The van der Waals surface area contributed by atoms with Gasteiger partial charge in [-0.1, -0.05) is 12.1 Å². The van der Waals surface area contributed by atoms with Crippen molar-refractivity contribution in [2.45, 2.75) is 25.9 Å². The van der Waals surface area contributed by atoms with Crippen LogP contribution in [-0.2, 0) is 19.1 Å². The Kier molecular flexibility index (Phi) is 5.89. The number of carbonyl (C=O) groups is 1. The van der Waals surface area contributed by atoms with E-state index in [1.807, 2.05) is 55.8 Å². The number of rotatable bonds is 7. The molecule has 4 aromatic rings. The zero-order valence-electron chi connectivity index (χ0n) is 18.1. The molecule has 9 heteroatoms. The summed E-state index contributed by atoms with van der Waals surface area (Å²) in [7, 11) is 1.89. The van der Waals surface area contributed by atoms with Gasteiger partial charge in [-0.2, -0.15) is 0 Å². The van der Waals surface area contributed by atoms with Crippen LogP contribution in [0.3, 0.4) is 0 Å². The number of pyridine rings is 1. The molecule has 0 saturated carbocycles. The molecule has 0 fully saturated rings. The normalized spacial score (nSPS) is 11.2. The number of aromatic nitrogens is 6. The number of nitrogens with zero attached hydrogens (tertiary/aromatic N) is 6. The van der Waals surface area contributed by atoms with E-state index in [0.29, 0.717) is 23.6 Å². The summed E-state index contributed by atoms with van der Waals surface area (Å²) in [4.78, 5) is 25.2. The van der Waals surface area contributed by atoms with Gasteiger partial charge in [-0.25, -0.2) is 9.97 Å². The van der Waals surface area contributed by atoms with Gasteiger partial charge in [0, 0.05) is 36.9 Å². The van der Waals surface area contributed by atoms with Crippen molar-refractivity contribution in [3.8, 4) is 11.5 Å². The van der Waals surface area contributed by atoms with E-state index in [9.17, 15) is 4.79 Å². The van der Waals surface area contributed by atoms with Gasteiger partial charge in [0.25, 0.3) is 5.91 Å². The molecule has 0 bridgehead atoms. The number of carbonyl (C=O) groups excluding carboxylic acids is 1. The minimum absolute atomic E-state index is 0.160. The van der Waals surface area contributed by atoms with Gasteiger partial charge in [0.2, 0.25) is 0 Å². The summed E-state index contributed by atoms with van der Waals surface area (Å²) in [6.07, 6.45) is 6.62. The van der Waals surface area contributed by atoms with Crippen molar-refractivity contribution in [1.29, 1.82) is 0 Å². The van der Waals surface area contributed by atoms with Crippen molar-refractivity contribution >= 4 is 11.6 Å². The average molecular weight is 429 g/mol. The van der Waals surface area contributed by atoms with E-state index in [1.54, 1.807) is 30.7 Å². The second kappa shape index (κ2) is 8.93. The van der Waals surface area contributed by atoms with E-state index in [-0.39, 0.29) is 5.91 Å². The first kappa shape index (κ1) is 21.1. The SMILES string of the molecule is Cn1c(CNc2cccc(C(=O)NC(C)(C)c3cccnc3)c2)nnc1-c1ccncn1. The summed E-state index contributed by atoms with van der Waals surface area (Å²) in [5.41, 5.74) is 2.46. The van der Waals surface area contributed by atoms with Crippen molar-refractivity contribution in [1.82, 2.24) is 35.0 Å². The molecule has 9 nitrogen and oxygen atoms in total. The van der Waals surface area contributed by atoms with Crippen LogP contribution in [0.5, 0.6) is 0 Å². The third-order valence-electron chi connectivity index (χ3n) is 5.16. The highest BCUT2D eigenvalue weighted by atomic mass is 16.1.